The monoisotopic (exact) mass is 155 g/mol. The van der Waals surface area contributed by atoms with E-state index in [2.05, 4.69) is 6.92 Å². The van der Waals surface area contributed by atoms with Crippen LogP contribution in [-0.4, -0.2) is 12.6 Å². The minimum Gasteiger partial charge on any atom is -0.462 e. The molecule has 0 aromatic heterocycles. The average Bonchev–Trinajstić information content (AvgIpc) is 1.83. The van der Waals surface area contributed by atoms with Gasteiger partial charge in [0.15, 0.2) is 0 Å². The number of hydrogen-bond acceptors (Lipinski definition) is 2. The maximum absolute atomic E-state index is 10.8. The second kappa shape index (κ2) is 4.16. The van der Waals surface area contributed by atoms with Gasteiger partial charge in [-0.15, -0.1) is 0 Å². The second-order valence-electron chi connectivity index (χ2n) is 3.27. The Labute approximate surface area is 68.2 Å². The molecule has 0 spiro atoms. The fourth-order valence-corrected chi connectivity index (χ4v) is 0.451. The predicted octanol–water partition coefficient (Wildman–Crippen LogP) is 1.97. The smallest absolute Gasteiger partial charge is 0.330 e. The van der Waals surface area contributed by atoms with Gasteiger partial charge in [-0.1, -0.05) is 19.9 Å². The van der Waals surface area contributed by atoms with Crippen molar-refractivity contribution in [3.8, 4) is 0 Å². The van der Waals surface area contributed by atoms with Crippen LogP contribution >= 0.6 is 0 Å². The van der Waals surface area contributed by atoms with Crippen molar-refractivity contribution >= 4 is 5.97 Å². The van der Waals surface area contributed by atoms with Crippen LogP contribution in [0.4, 0.5) is 0 Å². The Bertz CT molecular complexity index is 151. The molecule has 0 fully saturated rings. The first-order valence-corrected chi connectivity index (χ1v) is 3.60. The number of ether oxygens (including phenoxy) is 1. The van der Waals surface area contributed by atoms with Crippen LogP contribution in [0.3, 0.4) is 0 Å². The van der Waals surface area contributed by atoms with Crippen molar-refractivity contribution < 1.29 is 9.53 Å². The van der Waals surface area contributed by atoms with Crippen LogP contribution in [0.15, 0.2) is 12.2 Å². The summed E-state index contributed by atoms with van der Waals surface area (Å²) >= 11 is 0. The highest BCUT2D eigenvalue weighted by atomic mass is 16.5. The van der Waals surface area contributed by atoms with Crippen LogP contribution in [0.5, 0.6) is 0 Å². The third-order valence-electron chi connectivity index (χ3n) is 0.908. The molecule has 0 bridgehead atoms. The van der Waals surface area contributed by atoms with E-state index in [4.69, 9.17) is 4.74 Å². The van der Waals surface area contributed by atoms with Gasteiger partial charge in [0.1, 0.15) is 0 Å². The lowest BCUT2D eigenvalue weighted by Crippen LogP contribution is -2.17. The van der Waals surface area contributed by atoms with Crippen LogP contribution in [0.1, 0.15) is 20.8 Å². The maximum atomic E-state index is 10.8. The quantitative estimate of drug-likeness (QED) is 0.460. The molecule has 0 aromatic rings. The van der Waals surface area contributed by atoms with Gasteiger partial charge < -0.3 is 4.74 Å². The van der Waals surface area contributed by atoms with E-state index in [0.29, 0.717) is 6.61 Å². The molecule has 0 saturated carbocycles. The summed E-state index contributed by atoms with van der Waals surface area (Å²) < 4.78 is 4.86. The predicted molar refractivity (Wildman–Crippen MR) is 44.9 cm³/mol. The SMILES string of the molecule is [CH2]C(C)(C)COC(=O)C=CC. The Kier molecular flexibility index (Phi) is 3.86. The summed E-state index contributed by atoms with van der Waals surface area (Å²) in [6.07, 6.45) is 3.05. The number of rotatable bonds is 3. The number of hydrogen-bond donors (Lipinski definition) is 0. The van der Waals surface area contributed by atoms with E-state index in [1.807, 2.05) is 13.8 Å². The van der Waals surface area contributed by atoms with Crippen molar-refractivity contribution in [3.63, 3.8) is 0 Å². The molecule has 0 aliphatic heterocycles. The van der Waals surface area contributed by atoms with Crippen LogP contribution in [0.2, 0.25) is 0 Å². The van der Waals surface area contributed by atoms with Crippen molar-refractivity contribution in [2.24, 2.45) is 5.41 Å². The molecule has 0 atom stereocenters. The van der Waals surface area contributed by atoms with Gasteiger partial charge in [-0.3, -0.25) is 0 Å². The molecule has 0 N–H and O–H groups in total. The van der Waals surface area contributed by atoms with Gasteiger partial charge in [-0.25, -0.2) is 4.79 Å². The number of carbonyl (C=O) groups excluding carboxylic acids is 1. The van der Waals surface area contributed by atoms with Gasteiger partial charge in [-0.2, -0.15) is 0 Å². The molecule has 0 saturated heterocycles. The summed E-state index contributed by atoms with van der Waals surface area (Å²) in [5.74, 6) is -0.302. The normalized spacial score (nSPS) is 12.0. The highest BCUT2D eigenvalue weighted by Gasteiger charge is 2.11. The van der Waals surface area contributed by atoms with Crippen molar-refractivity contribution in [2.45, 2.75) is 20.8 Å². The zero-order valence-electron chi connectivity index (χ0n) is 7.39. The van der Waals surface area contributed by atoms with Gasteiger partial charge >= 0.3 is 5.97 Å². The van der Waals surface area contributed by atoms with E-state index in [9.17, 15) is 4.79 Å². The first kappa shape index (κ1) is 10.2. The molecule has 2 heteroatoms. The topological polar surface area (TPSA) is 26.3 Å². The number of esters is 1. The van der Waals surface area contributed by atoms with E-state index in [0.717, 1.165) is 0 Å². The molecule has 11 heavy (non-hydrogen) atoms. The number of carbonyl (C=O) groups is 1. The molecule has 0 unspecified atom stereocenters. The summed E-state index contributed by atoms with van der Waals surface area (Å²) in [5.41, 5.74) is -0.197. The molecule has 63 valence electrons. The third kappa shape index (κ3) is 7.10. The Morgan fingerprint density at radius 3 is 2.55 bits per heavy atom. The summed E-state index contributed by atoms with van der Waals surface area (Å²) in [6, 6.07) is 0. The summed E-state index contributed by atoms with van der Waals surface area (Å²) in [7, 11) is 0. The molecule has 0 aromatic carbocycles. The first-order chi connectivity index (χ1) is 4.95. The highest BCUT2D eigenvalue weighted by Crippen LogP contribution is 2.12. The second-order valence-corrected chi connectivity index (χ2v) is 3.27. The van der Waals surface area contributed by atoms with Gasteiger partial charge in [0.05, 0.1) is 6.61 Å². The molecule has 0 aliphatic carbocycles. The largest absolute Gasteiger partial charge is 0.462 e. The summed E-state index contributed by atoms with van der Waals surface area (Å²) in [5, 5.41) is 0. The van der Waals surface area contributed by atoms with Gasteiger partial charge in [0.25, 0.3) is 0 Å². The zero-order chi connectivity index (χ0) is 8.91. The standard InChI is InChI=1S/C9H15O2/c1-5-6-8(10)11-7-9(2,3)4/h5-6H,2,7H2,1,3-4H3. The Morgan fingerprint density at radius 2 is 2.18 bits per heavy atom. The molecule has 0 rings (SSSR count). The van der Waals surface area contributed by atoms with Gasteiger partial charge in [-0.05, 0) is 19.3 Å². The van der Waals surface area contributed by atoms with Gasteiger partial charge in [0, 0.05) is 6.08 Å². The Hall–Kier alpha value is -0.790. The zero-order valence-corrected chi connectivity index (χ0v) is 7.39. The molecule has 0 heterocycles. The van der Waals surface area contributed by atoms with Crippen molar-refractivity contribution in [2.75, 3.05) is 6.61 Å². The third-order valence-corrected chi connectivity index (χ3v) is 0.908. The van der Waals surface area contributed by atoms with Crippen molar-refractivity contribution in [3.05, 3.63) is 19.1 Å². The summed E-state index contributed by atoms with van der Waals surface area (Å²) in [4.78, 5) is 10.8. The molecule has 0 amide bonds. The highest BCUT2D eigenvalue weighted by molar-refractivity contribution is 5.81. The first-order valence-electron chi connectivity index (χ1n) is 3.60. The molecular formula is C9H15O2. The van der Waals surface area contributed by atoms with Crippen molar-refractivity contribution in [1.29, 1.82) is 0 Å². The fraction of sp³-hybridized carbons (Fsp3) is 0.556. The molecule has 1 radical (unpaired) electrons. The fourth-order valence-electron chi connectivity index (χ4n) is 0.451. The van der Waals surface area contributed by atoms with E-state index >= 15 is 0 Å². The van der Waals surface area contributed by atoms with E-state index in [1.165, 1.54) is 6.08 Å². The molecular weight excluding hydrogens is 140 g/mol. The van der Waals surface area contributed by atoms with Gasteiger partial charge in [0.2, 0.25) is 0 Å². The number of allylic oxidation sites excluding steroid dienone is 1. The lowest BCUT2D eigenvalue weighted by Gasteiger charge is -2.16. The maximum Gasteiger partial charge on any atom is 0.330 e. The van der Waals surface area contributed by atoms with E-state index in [1.54, 1.807) is 13.0 Å². The lowest BCUT2D eigenvalue weighted by molar-refractivity contribution is -0.139. The lowest BCUT2D eigenvalue weighted by atomic mass is 9.99. The van der Waals surface area contributed by atoms with Crippen LogP contribution in [0, 0.1) is 12.3 Å². The minimum absolute atomic E-state index is 0.197. The van der Waals surface area contributed by atoms with Crippen LogP contribution in [0.25, 0.3) is 0 Å². The van der Waals surface area contributed by atoms with E-state index < -0.39 is 0 Å². The summed E-state index contributed by atoms with van der Waals surface area (Å²) in [6.45, 7) is 9.76. The van der Waals surface area contributed by atoms with Crippen molar-refractivity contribution in [1.82, 2.24) is 0 Å². The van der Waals surface area contributed by atoms with Crippen LogP contribution < -0.4 is 0 Å². The Balaban J connectivity index is 3.63. The van der Waals surface area contributed by atoms with Crippen LogP contribution in [-0.2, 0) is 9.53 Å². The molecule has 2 nitrogen and oxygen atoms in total. The average molecular weight is 155 g/mol. The Morgan fingerprint density at radius 1 is 1.64 bits per heavy atom. The molecule has 0 aliphatic rings. The minimum atomic E-state index is -0.302. The van der Waals surface area contributed by atoms with E-state index in [-0.39, 0.29) is 11.4 Å².